The summed E-state index contributed by atoms with van der Waals surface area (Å²) in [6, 6.07) is 9.32. The van der Waals surface area contributed by atoms with Crippen LogP contribution in [0.15, 0.2) is 36.7 Å². The average Bonchev–Trinajstić information content (AvgIpc) is 3.25. The van der Waals surface area contributed by atoms with Crippen molar-refractivity contribution in [2.45, 2.75) is 26.3 Å². The van der Waals surface area contributed by atoms with Gasteiger partial charge >= 0.3 is 0 Å². The van der Waals surface area contributed by atoms with Gasteiger partial charge in [0.2, 0.25) is 0 Å². The minimum atomic E-state index is -0.645. The second-order valence-corrected chi connectivity index (χ2v) is 7.73. The van der Waals surface area contributed by atoms with Crippen LogP contribution in [0.5, 0.6) is 0 Å². The van der Waals surface area contributed by atoms with Gasteiger partial charge in [0.1, 0.15) is 29.9 Å². The van der Waals surface area contributed by atoms with Gasteiger partial charge in [0, 0.05) is 11.9 Å². The van der Waals surface area contributed by atoms with Crippen molar-refractivity contribution in [1.82, 2.24) is 29.6 Å². The van der Waals surface area contributed by atoms with Gasteiger partial charge in [0.05, 0.1) is 11.1 Å². The standard InChI is InChI=1S/C20H22FN7O/c1-20(2,3)28-17-15(16(22)24-11-25-17)18(26-28)27-13-7-5-4-6-12(13)10-14(27)19(29)23-9-8-21/h4-7,10-11H,8-9H2,1-3H3,(H,23,29)(H2,22,24,25). The fraction of sp³-hybridized carbons (Fsp3) is 0.300. The predicted octanol–water partition coefficient (Wildman–Crippen LogP) is 2.81. The third-order valence-corrected chi connectivity index (χ3v) is 4.65. The number of anilines is 1. The zero-order valence-electron chi connectivity index (χ0n) is 16.5. The molecule has 0 unspecified atom stereocenters. The molecule has 0 atom stereocenters. The molecule has 0 bridgehead atoms. The Hall–Kier alpha value is -3.49. The summed E-state index contributed by atoms with van der Waals surface area (Å²) in [4.78, 5) is 21.3. The van der Waals surface area contributed by atoms with Crippen LogP contribution in [0.4, 0.5) is 10.2 Å². The molecule has 9 heteroatoms. The quantitative estimate of drug-likeness (QED) is 0.553. The molecule has 0 aliphatic heterocycles. The Balaban J connectivity index is 2.07. The van der Waals surface area contributed by atoms with E-state index in [9.17, 15) is 9.18 Å². The second-order valence-electron chi connectivity index (χ2n) is 7.73. The summed E-state index contributed by atoms with van der Waals surface area (Å²) in [6.45, 7) is 5.30. The number of nitrogens with two attached hydrogens (primary N) is 1. The first-order valence-electron chi connectivity index (χ1n) is 9.27. The molecule has 0 radical (unpaired) electrons. The lowest BCUT2D eigenvalue weighted by molar-refractivity contribution is 0.0944. The minimum absolute atomic E-state index is 0.0667. The number of benzene rings is 1. The Bertz CT molecular complexity index is 1220. The van der Waals surface area contributed by atoms with Crippen LogP contribution in [0, 0.1) is 0 Å². The number of para-hydroxylation sites is 1. The number of hydrogen-bond acceptors (Lipinski definition) is 5. The second kappa shape index (κ2) is 6.84. The van der Waals surface area contributed by atoms with E-state index in [1.807, 2.05) is 45.0 Å². The molecule has 4 rings (SSSR count). The molecule has 3 heterocycles. The number of aromatic nitrogens is 5. The van der Waals surface area contributed by atoms with Gasteiger partial charge in [0.15, 0.2) is 11.5 Å². The normalized spacial score (nSPS) is 12.0. The number of nitrogen functional groups attached to an aromatic ring is 1. The van der Waals surface area contributed by atoms with Crippen molar-refractivity contribution >= 4 is 33.7 Å². The lowest BCUT2D eigenvalue weighted by atomic mass is 10.1. The summed E-state index contributed by atoms with van der Waals surface area (Å²) < 4.78 is 16.1. The van der Waals surface area contributed by atoms with Crippen molar-refractivity contribution in [2.75, 3.05) is 19.0 Å². The van der Waals surface area contributed by atoms with Crippen molar-refractivity contribution in [2.24, 2.45) is 0 Å². The molecule has 8 nitrogen and oxygen atoms in total. The molecule has 0 saturated heterocycles. The average molecular weight is 395 g/mol. The van der Waals surface area contributed by atoms with E-state index >= 15 is 0 Å². The Morgan fingerprint density at radius 1 is 1.24 bits per heavy atom. The van der Waals surface area contributed by atoms with Gasteiger partial charge in [-0.15, -0.1) is 0 Å². The van der Waals surface area contributed by atoms with E-state index in [2.05, 4.69) is 15.3 Å². The highest BCUT2D eigenvalue weighted by Gasteiger charge is 2.27. The maximum absolute atomic E-state index is 12.8. The van der Waals surface area contributed by atoms with Crippen LogP contribution in [0.1, 0.15) is 31.3 Å². The summed E-state index contributed by atoms with van der Waals surface area (Å²) in [7, 11) is 0. The zero-order valence-corrected chi connectivity index (χ0v) is 16.5. The number of nitrogens with one attached hydrogen (secondary N) is 1. The Labute approximate surface area is 166 Å². The number of halogens is 1. The number of alkyl halides is 1. The molecule has 150 valence electrons. The number of fused-ring (bicyclic) bond motifs is 2. The predicted molar refractivity (Wildman–Crippen MR) is 110 cm³/mol. The molecule has 0 saturated carbocycles. The van der Waals surface area contributed by atoms with Crippen LogP contribution in [0.2, 0.25) is 0 Å². The molecule has 1 aromatic carbocycles. The maximum atomic E-state index is 12.8. The first-order valence-corrected chi connectivity index (χ1v) is 9.27. The molecule has 0 aliphatic carbocycles. The zero-order chi connectivity index (χ0) is 20.8. The highest BCUT2D eigenvalue weighted by molar-refractivity contribution is 6.02. The van der Waals surface area contributed by atoms with Gasteiger partial charge in [-0.3, -0.25) is 9.36 Å². The molecule has 0 fully saturated rings. The lowest BCUT2D eigenvalue weighted by Gasteiger charge is -2.19. The van der Waals surface area contributed by atoms with Gasteiger partial charge < -0.3 is 11.1 Å². The summed E-state index contributed by atoms with van der Waals surface area (Å²) in [6.07, 6.45) is 1.40. The van der Waals surface area contributed by atoms with Crippen molar-refractivity contribution in [3.8, 4) is 5.82 Å². The fourth-order valence-corrected chi connectivity index (χ4v) is 3.38. The van der Waals surface area contributed by atoms with Crippen LogP contribution in [0.3, 0.4) is 0 Å². The topological polar surface area (TPSA) is 104 Å². The number of carbonyl (C=O) groups excluding carboxylic acids is 1. The van der Waals surface area contributed by atoms with Gasteiger partial charge in [-0.2, -0.15) is 5.10 Å². The van der Waals surface area contributed by atoms with E-state index in [1.54, 1.807) is 15.3 Å². The summed E-state index contributed by atoms with van der Waals surface area (Å²) in [5.74, 6) is 0.334. The lowest BCUT2D eigenvalue weighted by Crippen LogP contribution is -2.27. The van der Waals surface area contributed by atoms with Gasteiger partial charge in [-0.05, 0) is 32.9 Å². The van der Waals surface area contributed by atoms with E-state index in [1.165, 1.54) is 6.33 Å². The Kier molecular flexibility index (Phi) is 4.45. The molecule has 1 amide bonds. The molecule has 3 N–H and O–H groups in total. The summed E-state index contributed by atoms with van der Waals surface area (Å²) in [5.41, 5.74) is 7.52. The van der Waals surface area contributed by atoms with Gasteiger partial charge in [0.25, 0.3) is 5.91 Å². The number of hydrogen-bond donors (Lipinski definition) is 2. The molecule has 29 heavy (non-hydrogen) atoms. The number of amides is 1. The van der Waals surface area contributed by atoms with Crippen molar-refractivity contribution < 1.29 is 9.18 Å². The number of nitrogens with zero attached hydrogens (tertiary/aromatic N) is 5. The molecule has 0 spiro atoms. The van der Waals surface area contributed by atoms with Crippen LogP contribution in [-0.2, 0) is 5.54 Å². The van der Waals surface area contributed by atoms with Gasteiger partial charge in [-0.1, -0.05) is 18.2 Å². The molecular weight excluding hydrogens is 373 g/mol. The number of rotatable bonds is 4. The SMILES string of the molecule is CC(C)(C)n1nc(-n2c(C(=O)NCCF)cc3ccccc32)c2c(N)ncnc21. The molecule has 3 aromatic heterocycles. The third-order valence-electron chi connectivity index (χ3n) is 4.65. The van der Waals surface area contributed by atoms with E-state index < -0.39 is 12.6 Å². The van der Waals surface area contributed by atoms with Crippen LogP contribution < -0.4 is 11.1 Å². The number of carbonyl (C=O) groups is 1. The summed E-state index contributed by atoms with van der Waals surface area (Å²) in [5, 5.41) is 8.78. The van der Waals surface area contributed by atoms with Crippen LogP contribution in [-0.4, -0.2) is 43.4 Å². The highest BCUT2D eigenvalue weighted by Crippen LogP contribution is 2.32. The van der Waals surface area contributed by atoms with Crippen molar-refractivity contribution in [3.63, 3.8) is 0 Å². The van der Waals surface area contributed by atoms with E-state index in [-0.39, 0.29) is 17.9 Å². The van der Waals surface area contributed by atoms with E-state index in [0.717, 1.165) is 10.9 Å². The highest BCUT2D eigenvalue weighted by atomic mass is 19.1. The summed E-state index contributed by atoms with van der Waals surface area (Å²) >= 11 is 0. The molecular formula is C20H22FN7O. The Morgan fingerprint density at radius 2 is 2.00 bits per heavy atom. The fourth-order valence-electron chi connectivity index (χ4n) is 3.38. The minimum Gasteiger partial charge on any atom is -0.383 e. The Morgan fingerprint density at radius 3 is 2.72 bits per heavy atom. The monoisotopic (exact) mass is 395 g/mol. The van der Waals surface area contributed by atoms with Crippen LogP contribution in [0.25, 0.3) is 27.8 Å². The van der Waals surface area contributed by atoms with Crippen LogP contribution >= 0.6 is 0 Å². The smallest absolute Gasteiger partial charge is 0.268 e. The molecule has 0 aliphatic rings. The first kappa shape index (κ1) is 18.9. The van der Waals surface area contributed by atoms with Crippen molar-refractivity contribution in [3.05, 3.63) is 42.4 Å². The first-order chi connectivity index (χ1) is 13.8. The largest absolute Gasteiger partial charge is 0.383 e. The van der Waals surface area contributed by atoms with E-state index in [0.29, 0.717) is 22.5 Å². The van der Waals surface area contributed by atoms with E-state index in [4.69, 9.17) is 10.8 Å². The molecule has 4 aromatic rings. The van der Waals surface area contributed by atoms with Gasteiger partial charge in [-0.25, -0.2) is 19.0 Å². The maximum Gasteiger partial charge on any atom is 0.268 e. The van der Waals surface area contributed by atoms with Crippen molar-refractivity contribution in [1.29, 1.82) is 0 Å². The third kappa shape index (κ3) is 3.08.